The van der Waals surface area contributed by atoms with Gasteiger partial charge in [-0.25, -0.2) is 4.98 Å². The summed E-state index contributed by atoms with van der Waals surface area (Å²) < 4.78 is 2.02. The van der Waals surface area contributed by atoms with Crippen LogP contribution < -0.4 is 5.32 Å². The molecule has 2 rings (SSSR count). The van der Waals surface area contributed by atoms with Gasteiger partial charge in [-0.1, -0.05) is 19.1 Å². The first-order valence-corrected chi connectivity index (χ1v) is 5.58. The Kier molecular flexibility index (Phi) is 3.25. The minimum Gasteiger partial charge on any atom is -0.378 e. The molecule has 2 aromatic rings. The van der Waals surface area contributed by atoms with E-state index in [1.165, 1.54) is 5.56 Å². The highest BCUT2D eigenvalue weighted by molar-refractivity contribution is 5.44. The molecule has 1 aromatic heterocycles. The summed E-state index contributed by atoms with van der Waals surface area (Å²) >= 11 is 0. The second kappa shape index (κ2) is 4.84. The molecule has 16 heavy (non-hydrogen) atoms. The fourth-order valence-electron chi connectivity index (χ4n) is 1.61. The number of nitrogens with one attached hydrogen (secondary N) is 1. The van der Waals surface area contributed by atoms with Crippen molar-refractivity contribution in [2.24, 2.45) is 7.05 Å². The molecule has 3 heteroatoms. The average molecular weight is 215 g/mol. The number of hydrogen-bond acceptors (Lipinski definition) is 2. The standard InChI is InChI=1S/C13H17N3/c1-3-11-4-6-12(7-5-11)15-10-13-14-8-9-16(13)2/h4-9,15H,3,10H2,1-2H3. The Morgan fingerprint density at radius 3 is 2.56 bits per heavy atom. The summed E-state index contributed by atoms with van der Waals surface area (Å²) in [6.45, 7) is 2.92. The van der Waals surface area contributed by atoms with Crippen molar-refractivity contribution >= 4 is 5.69 Å². The van der Waals surface area contributed by atoms with Crippen LogP contribution in [0.15, 0.2) is 36.7 Å². The monoisotopic (exact) mass is 215 g/mol. The van der Waals surface area contributed by atoms with Gasteiger partial charge in [0, 0.05) is 25.1 Å². The zero-order chi connectivity index (χ0) is 11.4. The predicted octanol–water partition coefficient (Wildman–Crippen LogP) is 2.59. The lowest BCUT2D eigenvalue weighted by Gasteiger charge is -2.07. The van der Waals surface area contributed by atoms with Crippen LogP contribution in [0.1, 0.15) is 18.3 Å². The van der Waals surface area contributed by atoms with Crippen molar-refractivity contribution in [2.45, 2.75) is 19.9 Å². The maximum Gasteiger partial charge on any atom is 0.127 e. The van der Waals surface area contributed by atoms with Crippen molar-refractivity contribution in [1.82, 2.24) is 9.55 Å². The molecular formula is C13H17N3. The first-order chi connectivity index (χ1) is 7.79. The van der Waals surface area contributed by atoms with Gasteiger partial charge in [0.15, 0.2) is 0 Å². The van der Waals surface area contributed by atoms with Crippen LogP contribution in [-0.2, 0) is 20.0 Å². The van der Waals surface area contributed by atoms with Gasteiger partial charge in [0.25, 0.3) is 0 Å². The van der Waals surface area contributed by atoms with Crippen LogP contribution in [0.25, 0.3) is 0 Å². The zero-order valence-corrected chi connectivity index (χ0v) is 9.77. The number of aromatic nitrogens is 2. The third-order valence-corrected chi connectivity index (χ3v) is 2.73. The Hall–Kier alpha value is -1.77. The molecule has 0 saturated carbocycles. The van der Waals surface area contributed by atoms with Gasteiger partial charge < -0.3 is 9.88 Å². The largest absolute Gasteiger partial charge is 0.378 e. The normalized spacial score (nSPS) is 10.4. The van der Waals surface area contributed by atoms with Crippen molar-refractivity contribution in [3.8, 4) is 0 Å². The Balaban J connectivity index is 1.97. The van der Waals surface area contributed by atoms with E-state index in [1.807, 2.05) is 24.0 Å². The van der Waals surface area contributed by atoms with Gasteiger partial charge in [0.1, 0.15) is 5.82 Å². The molecule has 0 spiro atoms. The third kappa shape index (κ3) is 2.42. The zero-order valence-electron chi connectivity index (χ0n) is 9.77. The van der Waals surface area contributed by atoms with Crippen LogP contribution in [0.2, 0.25) is 0 Å². The number of imidazole rings is 1. The summed E-state index contributed by atoms with van der Waals surface area (Å²) in [4.78, 5) is 4.27. The van der Waals surface area contributed by atoms with Gasteiger partial charge in [-0.3, -0.25) is 0 Å². The highest BCUT2D eigenvalue weighted by atomic mass is 15.1. The van der Waals surface area contributed by atoms with E-state index in [-0.39, 0.29) is 0 Å². The van der Waals surface area contributed by atoms with E-state index in [0.29, 0.717) is 0 Å². The number of aryl methyl sites for hydroxylation is 2. The van der Waals surface area contributed by atoms with Gasteiger partial charge in [0.05, 0.1) is 6.54 Å². The van der Waals surface area contributed by atoms with E-state index in [2.05, 4.69) is 41.5 Å². The van der Waals surface area contributed by atoms with Crippen LogP contribution in [-0.4, -0.2) is 9.55 Å². The average Bonchev–Trinajstić information content (AvgIpc) is 2.73. The summed E-state index contributed by atoms with van der Waals surface area (Å²) in [6.07, 6.45) is 4.86. The molecule has 0 amide bonds. The quantitative estimate of drug-likeness (QED) is 0.849. The molecule has 0 aliphatic rings. The molecule has 1 N–H and O–H groups in total. The highest BCUT2D eigenvalue weighted by Crippen LogP contribution is 2.10. The van der Waals surface area contributed by atoms with E-state index < -0.39 is 0 Å². The Morgan fingerprint density at radius 1 is 1.25 bits per heavy atom. The Labute approximate surface area is 96.1 Å². The minimum absolute atomic E-state index is 0.759. The minimum atomic E-state index is 0.759. The third-order valence-electron chi connectivity index (χ3n) is 2.73. The summed E-state index contributed by atoms with van der Waals surface area (Å²) in [5.74, 6) is 1.04. The molecule has 0 bridgehead atoms. The molecule has 0 aliphatic heterocycles. The molecule has 0 unspecified atom stereocenters. The number of benzene rings is 1. The molecule has 0 aliphatic carbocycles. The maximum atomic E-state index is 4.27. The molecule has 3 nitrogen and oxygen atoms in total. The second-order valence-corrected chi connectivity index (χ2v) is 3.86. The Morgan fingerprint density at radius 2 is 2.00 bits per heavy atom. The van der Waals surface area contributed by atoms with Gasteiger partial charge >= 0.3 is 0 Å². The fourth-order valence-corrected chi connectivity index (χ4v) is 1.61. The molecule has 0 saturated heterocycles. The lowest BCUT2D eigenvalue weighted by molar-refractivity contribution is 0.813. The van der Waals surface area contributed by atoms with E-state index in [4.69, 9.17) is 0 Å². The SMILES string of the molecule is CCc1ccc(NCc2nccn2C)cc1. The van der Waals surface area contributed by atoms with Crippen LogP contribution >= 0.6 is 0 Å². The summed E-state index contributed by atoms with van der Waals surface area (Å²) in [5.41, 5.74) is 2.50. The first kappa shape index (κ1) is 10.7. The second-order valence-electron chi connectivity index (χ2n) is 3.86. The topological polar surface area (TPSA) is 29.9 Å². The molecule has 0 radical (unpaired) electrons. The predicted molar refractivity (Wildman–Crippen MR) is 66.4 cm³/mol. The first-order valence-electron chi connectivity index (χ1n) is 5.58. The molecule has 1 aromatic carbocycles. The molecular weight excluding hydrogens is 198 g/mol. The van der Waals surface area contributed by atoms with Crippen molar-refractivity contribution in [1.29, 1.82) is 0 Å². The van der Waals surface area contributed by atoms with Gasteiger partial charge in [0.2, 0.25) is 0 Å². The number of anilines is 1. The van der Waals surface area contributed by atoms with Gasteiger partial charge in [-0.15, -0.1) is 0 Å². The van der Waals surface area contributed by atoms with Crippen molar-refractivity contribution in [3.05, 3.63) is 48.0 Å². The smallest absolute Gasteiger partial charge is 0.127 e. The fraction of sp³-hybridized carbons (Fsp3) is 0.308. The van der Waals surface area contributed by atoms with Crippen LogP contribution in [0.4, 0.5) is 5.69 Å². The number of rotatable bonds is 4. The molecule has 84 valence electrons. The van der Waals surface area contributed by atoms with E-state index >= 15 is 0 Å². The van der Waals surface area contributed by atoms with E-state index in [9.17, 15) is 0 Å². The summed E-state index contributed by atoms with van der Waals surface area (Å²) in [7, 11) is 2.00. The van der Waals surface area contributed by atoms with Crippen LogP contribution in [0.5, 0.6) is 0 Å². The summed E-state index contributed by atoms with van der Waals surface area (Å²) in [5, 5.41) is 3.36. The molecule has 0 atom stereocenters. The summed E-state index contributed by atoms with van der Waals surface area (Å²) in [6, 6.07) is 8.53. The Bertz CT molecular complexity index is 442. The van der Waals surface area contributed by atoms with Gasteiger partial charge in [-0.05, 0) is 24.1 Å². The molecule has 1 heterocycles. The lowest BCUT2D eigenvalue weighted by Crippen LogP contribution is -2.05. The van der Waals surface area contributed by atoms with Gasteiger partial charge in [-0.2, -0.15) is 0 Å². The van der Waals surface area contributed by atoms with Crippen molar-refractivity contribution in [3.63, 3.8) is 0 Å². The molecule has 0 fully saturated rings. The van der Waals surface area contributed by atoms with Crippen LogP contribution in [0.3, 0.4) is 0 Å². The van der Waals surface area contributed by atoms with Crippen LogP contribution in [0, 0.1) is 0 Å². The maximum absolute atomic E-state index is 4.27. The number of nitrogens with zero attached hydrogens (tertiary/aromatic N) is 2. The van der Waals surface area contributed by atoms with Crippen molar-refractivity contribution < 1.29 is 0 Å². The van der Waals surface area contributed by atoms with Crippen molar-refractivity contribution in [2.75, 3.05) is 5.32 Å². The number of hydrogen-bond donors (Lipinski definition) is 1. The highest BCUT2D eigenvalue weighted by Gasteiger charge is 1.98. The van der Waals surface area contributed by atoms with E-state index in [1.54, 1.807) is 0 Å². The van der Waals surface area contributed by atoms with E-state index in [0.717, 1.165) is 24.5 Å². The lowest BCUT2D eigenvalue weighted by atomic mass is 10.1.